The molecule has 1 amide bonds. The third-order valence-corrected chi connectivity index (χ3v) is 4.46. The number of aryl methyl sites for hydroxylation is 2. The first kappa shape index (κ1) is 16.3. The molecule has 1 unspecified atom stereocenters. The molecule has 1 atom stereocenters. The third kappa shape index (κ3) is 3.50. The molecule has 124 valence electrons. The zero-order valence-electron chi connectivity index (χ0n) is 13.2. The number of carbonyl (C=O) groups is 1. The number of hydrogen-bond acceptors (Lipinski definition) is 7. The SMILES string of the molecule is Cc1ccc(C(O)CNC(=O)c2sc(-c3ncccn3)nc2C)o1. The van der Waals surface area contributed by atoms with Gasteiger partial charge in [0.05, 0.1) is 12.2 Å². The minimum Gasteiger partial charge on any atom is -0.464 e. The van der Waals surface area contributed by atoms with Crippen LogP contribution in [0.1, 0.15) is 33.0 Å². The van der Waals surface area contributed by atoms with Crippen LogP contribution in [-0.2, 0) is 0 Å². The topological polar surface area (TPSA) is 101 Å². The number of aliphatic hydroxyl groups excluding tert-OH is 1. The van der Waals surface area contributed by atoms with E-state index in [2.05, 4.69) is 20.3 Å². The Balaban J connectivity index is 1.68. The quantitative estimate of drug-likeness (QED) is 0.736. The van der Waals surface area contributed by atoms with Gasteiger partial charge in [-0.1, -0.05) is 0 Å². The van der Waals surface area contributed by atoms with E-state index < -0.39 is 6.10 Å². The van der Waals surface area contributed by atoms with Crippen LogP contribution in [0.4, 0.5) is 0 Å². The lowest BCUT2D eigenvalue weighted by molar-refractivity contribution is 0.0903. The average molecular weight is 344 g/mol. The van der Waals surface area contributed by atoms with Crippen LogP contribution in [0.3, 0.4) is 0 Å². The minimum atomic E-state index is -0.896. The number of aliphatic hydroxyl groups is 1. The molecule has 3 aromatic rings. The first-order chi connectivity index (χ1) is 11.5. The molecule has 8 heteroatoms. The highest BCUT2D eigenvalue weighted by atomic mass is 32.1. The number of nitrogens with zero attached hydrogens (tertiary/aromatic N) is 3. The Morgan fingerprint density at radius 1 is 1.33 bits per heavy atom. The second-order valence-electron chi connectivity index (χ2n) is 5.18. The number of furan rings is 1. The number of aromatic nitrogens is 3. The Hall–Kier alpha value is -2.58. The van der Waals surface area contributed by atoms with Crippen LogP contribution < -0.4 is 5.32 Å². The van der Waals surface area contributed by atoms with Crippen molar-refractivity contribution in [1.29, 1.82) is 0 Å². The maximum absolute atomic E-state index is 12.3. The number of nitrogens with one attached hydrogen (secondary N) is 1. The van der Waals surface area contributed by atoms with Crippen molar-refractivity contribution in [2.45, 2.75) is 20.0 Å². The zero-order chi connectivity index (χ0) is 17.1. The average Bonchev–Trinajstić information content (AvgIpc) is 3.19. The van der Waals surface area contributed by atoms with E-state index in [1.807, 2.05) is 0 Å². The molecular formula is C16H16N4O3S. The molecule has 24 heavy (non-hydrogen) atoms. The molecule has 0 aromatic carbocycles. The van der Waals surface area contributed by atoms with Gasteiger partial charge in [0.25, 0.3) is 5.91 Å². The summed E-state index contributed by atoms with van der Waals surface area (Å²) in [6.07, 6.45) is 2.36. The van der Waals surface area contributed by atoms with E-state index in [-0.39, 0.29) is 12.5 Å². The highest BCUT2D eigenvalue weighted by molar-refractivity contribution is 7.17. The molecule has 0 radical (unpaired) electrons. The van der Waals surface area contributed by atoms with Crippen molar-refractivity contribution >= 4 is 17.2 Å². The van der Waals surface area contributed by atoms with Crippen molar-refractivity contribution in [3.8, 4) is 10.8 Å². The molecular weight excluding hydrogens is 328 g/mol. The number of hydrogen-bond donors (Lipinski definition) is 2. The molecule has 0 saturated heterocycles. The summed E-state index contributed by atoms with van der Waals surface area (Å²) in [5.74, 6) is 1.32. The molecule has 0 aliphatic carbocycles. The van der Waals surface area contributed by atoms with E-state index in [9.17, 15) is 9.90 Å². The van der Waals surface area contributed by atoms with Crippen LogP contribution in [0.25, 0.3) is 10.8 Å². The second-order valence-corrected chi connectivity index (χ2v) is 6.18. The van der Waals surface area contributed by atoms with Gasteiger partial charge in [-0.05, 0) is 32.0 Å². The van der Waals surface area contributed by atoms with E-state index in [1.54, 1.807) is 44.4 Å². The van der Waals surface area contributed by atoms with Crippen LogP contribution in [0, 0.1) is 13.8 Å². The van der Waals surface area contributed by atoms with Gasteiger partial charge in [-0.2, -0.15) is 0 Å². The van der Waals surface area contributed by atoms with Crippen molar-refractivity contribution in [2.24, 2.45) is 0 Å². The molecule has 3 rings (SSSR count). The fraction of sp³-hybridized carbons (Fsp3) is 0.250. The second kappa shape index (κ2) is 6.90. The summed E-state index contributed by atoms with van der Waals surface area (Å²) in [6, 6.07) is 5.17. The van der Waals surface area contributed by atoms with Crippen LogP contribution in [0.15, 0.2) is 35.0 Å². The molecule has 0 spiro atoms. The molecule has 3 aromatic heterocycles. The van der Waals surface area contributed by atoms with E-state index in [4.69, 9.17) is 4.42 Å². The van der Waals surface area contributed by atoms with Crippen LogP contribution in [0.2, 0.25) is 0 Å². The summed E-state index contributed by atoms with van der Waals surface area (Å²) in [7, 11) is 0. The molecule has 2 N–H and O–H groups in total. The number of thiazole rings is 1. The molecule has 0 fully saturated rings. The van der Waals surface area contributed by atoms with Crippen LogP contribution in [-0.4, -0.2) is 32.5 Å². The standard InChI is InChI=1S/C16H16N4O3S/c1-9-4-5-12(23-9)11(21)8-19-15(22)13-10(2)20-16(24-13)14-17-6-3-7-18-14/h3-7,11,21H,8H2,1-2H3,(H,19,22). The summed E-state index contributed by atoms with van der Waals surface area (Å²) in [5, 5.41) is 13.3. The van der Waals surface area contributed by atoms with E-state index in [0.717, 1.165) is 0 Å². The highest BCUT2D eigenvalue weighted by Crippen LogP contribution is 2.25. The highest BCUT2D eigenvalue weighted by Gasteiger charge is 2.19. The van der Waals surface area contributed by atoms with Crippen molar-refractivity contribution in [3.63, 3.8) is 0 Å². The number of amides is 1. The first-order valence-corrected chi connectivity index (χ1v) is 8.13. The lowest BCUT2D eigenvalue weighted by atomic mass is 10.2. The van der Waals surface area contributed by atoms with Gasteiger partial charge in [-0.25, -0.2) is 15.0 Å². The summed E-state index contributed by atoms with van der Waals surface area (Å²) in [4.78, 5) is 25.4. The van der Waals surface area contributed by atoms with Gasteiger partial charge in [0, 0.05) is 12.4 Å². The summed E-state index contributed by atoms with van der Waals surface area (Å²) in [6.45, 7) is 3.60. The molecule has 7 nitrogen and oxygen atoms in total. The van der Waals surface area contributed by atoms with Gasteiger partial charge < -0.3 is 14.8 Å². The van der Waals surface area contributed by atoms with E-state index in [1.165, 1.54) is 11.3 Å². The lowest BCUT2D eigenvalue weighted by Gasteiger charge is -2.09. The molecule has 0 saturated carbocycles. The van der Waals surface area contributed by atoms with Crippen LogP contribution >= 0.6 is 11.3 Å². The van der Waals surface area contributed by atoms with Crippen molar-refractivity contribution in [1.82, 2.24) is 20.3 Å². The van der Waals surface area contributed by atoms with Gasteiger partial charge >= 0.3 is 0 Å². The van der Waals surface area contributed by atoms with Gasteiger partial charge in [0.1, 0.15) is 22.5 Å². The fourth-order valence-corrected chi connectivity index (χ4v) is 3.05. The normalized spacial score (nSPS) is 12.1. The Kier molecular flexibility index (Phi) is 4.68. The van der Waals surface area contributed by atoms with Crippen molar-refractivity contribution in [3.05, 3.63) is 52.7 Å². The number of rotatable bonds is 5. The lowest BCUT2D eigenvalue weighted by Crippen LogP contribution is -2.28. The number of carbonyl (C=O) groups excluding carboxylic acids is 1. The predicted molar refractivity (Wildman–Crippen MR) is 88.6 cm³/mol. The molecule has 3 heterocycles. The monoisotopic (exact) mass is 344 g/mol. The summed E-state index contributed by atoms with van der Waals surface area (Å²) in [5.41, 5.74) is 0.600. The van der Waals surface area contributed by atoms with E-state index in [0.29, 0.717) is 32.9 Å². The summed E-state index contributed by atoms with van der Waals surface area (Å²) >= 11 is 1.22. The zero-order valence-corrected chi connectivity index (χ0v) is 14.0. The van der Waals surface area contributed by atoms with E-state index >= 15 is 0 Å². The smallest absolute Gasteiger partial charge is 0.263 e. The minimum absolute atomic E-state index is 0.0559. The van der Waals surface area contributed by atoms with Gasteiger partial charge in [-0.3, -0.25) is 4.79 Å². The molecule has 0 bridgehead atoms. The largest absolute Gasteiger partial charge is 0.464 e. The maximum atomic E-state index is 12.3. The van der Waals surface area contributed by atoms with Crippen LogP contribution in [0.5, 0.6) is 0 Å². The van der Waals surface area contributed by atoms with Gasteiger partial charge in [0.15, 0.2) is 10.8 Å². The van der Waals surface area contributed by atoms with Crippen molar-refractivity contribution < 1.29 is 14.3 Å². The third-order valence-electron chi connectivity index (χ3n) is 3.31. The van der Waals surface area contributed by atoms with Crippen molar-refractivity contribution in [2.75, 3.05) is 6.54 Å². The predicted octanol–water partition coefficient (Wildman–Crippen LogP) is 2.27. The molecule has 0 aliphatic heterocycles. The Morgan fingerprint density at radius 2 is 2.08 bits per heavy atom. The summed E-state index contributed by atoms with van der Waals surface area (Å²) < 4.78 is 5.34. The Bertz CT molecular complexity index is 844. The Morgan fingerprint density at radius 3 is 2.75 bits per heavy atom. The molecule has 0 aliphatic rings. The Labute approximate surface area is 142 Å². The fourth-order valence-electron chi connectivity index (χ4n) is 2.12. The maximum Gasteiger partial charge on any atom is 0.263 e. The van der Waals surface area contributed by atoms with Gasteiger partial charge in [0.2, 0.25) is 0 Å². The first-order valence-electron chi connectivity index (χ1n) is 7.32. The van der Waals surface area contributed by atoms with Gasteiger partial charge in [-0.15, -0.1) is 11.3 Å².